The second kappa shape index (κ2) is 11.1. The Morgan fingerprint density at radius 3 is 2.56 bits per heavy atom. The first-order chi connectivity index (χ1) is 8.86. The lowest BCUT2D eigenvalue weighted by molar-refractivity contribution is 0.173. The van der Waals surface area contributed by atoms with Gasteiger partial charge in [-0.1, -0.05) is 32.6 Å². The molecule has 0 saturated carbocycles. The summed E-state index contributed by atoms with van der Waals surface area (Å²) in [5, 5.41) is 0. The standard InChI is InChI=1S/C15H31NOS/c1-3-15(8-12-17-2)7-5-4-6-9-16-10-13-18-14-11-16/h15H,3-14H2,1-2H3/t15-/m0/s1. The molecule has 0 bridgehead atoms. The van der Waals surface area contributed by atoms with Crippen molar-refractivity contribution in [2.45, 2.75) is 45.4 Å². The Labute approximate surface area is 118 Å². The van der Waals surface area contributed by atoms with Crippen LogP contribution in [0.1, 0.15) is 45.4 Å². The molecule has 1 fully saturated rings. The van der Waals surface area contributed by atoms with Gasteiger partial charge in [0.15, 0.2) is 0 Å². The van der Waals surface area contributed by atoms with Crippen LogP contribution < -0.4 is 0 Å². The predicted molar refractivity (Wildman–Crippen MR) is 82.5 cm³/mol. The summed E-state index contributed by atoms with van der Waals surface area (Å²) >= 11 is 2.10. The molecule has 1 aliphatic heterocycles. The van der Waals surface area contributed by atoms with E-state index in [1.54, 1.807) is 0 Å². The third-order valence-corrected chi connectivity index (χ3v) is 4.94. The second-order valence-corrected chi connectivity index (χ2v) is 6.58. The number of hydrogen-bond acceptors (Lipinski definition) is 3. The lowest BCUT2D eigenvalue weighted by Gasteiger charge is -2.26. The smallest absolute Gasteiger partial charge is 0.0464 e. The third kappa shape index (κ3) is 7.65. The molecule has 1 aliphatic rings. The van der Waals surface area contributed by atoms with Crippen molar-refractivity contribution in [3.8, 4) is 0 Å². The van der Waals surface area contributed by atoms with E-state index < -0.39 is 0 Å². The number of hydrogen-bond donors (Lipinski definition) is 0. The molecule has 1 rings (SSSR count). The summed E-state index contributed by atoms with van der Waals surface area (Å²) < 4.78 is 5.17. The topological polar surface area (TPSA) is 12.5 Å². The number of thioether (sulfide) groups is 1. The van der Waals surface area contributed by atoms with Gasteiger partial charge in [0.05, 0.1) is 0 Å². The molecule has 1 atom stereocenters. The van der Waals surface area contributed by atoms with Crippen molar-refractivity contribution in [2.24, 2.45) is 5.92 Å². The van der Waals surface area contributed by atoms with E-state index in [2.05, 4.69) is 23.6 Å². The molecule has 1 saturated heterocycles. The van der Waals surface area contributed by atoms with Gasteiger partial charge in [0.2, 0.25) is 0 Å². The Bertz CT molecular complexity index is 183. The molecule has 0 spiro atoms. The minimum absolute atomic E-state index is 0.885. The Morgan fingerprint density at radius 2 is 1.89 bits per heavy atom. The van der Waals surface area contributed by atoms with Crippen LogP contribution in [0.5, 0.6) is 0 Å². The van der Waals surface area contributed by atoms with Crippen LogP contribution in [0.3, 0.4) is 0 Å². The van der Waals surface area contributed by atoms with Crippen LogP contribution in [-0.2, 0) is 4.74 Å². The SMILES string of the molecule is CC[C@@H](CCCCCN1CCSCC1)CCOC. The van der Waals surface area contributed by atoms with Crippen molar-refractivity contribution in [1.29, 1.82) is 0 Å². The van der Waals surface area contributed by atoms with Gasteiger partial charge in [-0.2, -0.15) is 11.8 Å². The third-order valence-electron chi connectivity index (χ3n) is 4.00. The molecule has 0 unspecified atom stereocenters. The van der Waals surface area contributed by atoms with Crippen molar-refractivity contribution in [2.75, 3.05) is 44.9 Å². The molecule has 2 nitrogen and oxygen atoms in total. The Balaban J connectivity index is 1.93. The quantitative estimate of drug-likeness (QED) is 0.564. The molecule has 0 aliphatic carbocycles. The average Bonchev–Trinajstić information content (AvgIpc) is 2.43. The Hall–Kier alpha value is 0.270. The fraction of sp³-hybridized carbons (Fsp3) is 1.00. The zero-order chi connectivity index (χ0) is 13.1. The number of unbranched alkanes of at least 4 members (excludes halogenated alkanes) is 2. The van der Waals surface area contributed by atoms with Gasteiger partial charge in [0.1, 0.15) is 0 Å². The minimum Gasteiger partial charge on any atom is -0.385 e. The van der Waals surface area contributed by atoms with Gasteiger partial charge in [-0.3, -0.25) is 0 Å². The summed E-state index contributed by atoms with van der Waals surface area (Å²) in [6.45, 7) is 7.21. The highest BCUT2D eigenvalue weighted by molar-refractivity contribution is 7.99. The van der Waals surface area contributed by atoms with E-state index >= 15 is 0 Å². The van der Waals surface area contributed by atoms with Gasteiger partial charge < -0.3 is 9.64 Å². The summed E-state index contributed by atoms with van der Waals surface area (Å²) in [7, 11) is 1.81. The summed E-state index contributed by atoms with van der Waals surface area (Å²) in [5.74, 6) is 3.57. The minimum atomic E-state index is 0.885. The maximum atomic E-state index is 5.17. The highest BCUT2D eigenvalue weighted by Gasteiger charge is 2.10. The van der Waals surface area contributed by atoms with Crippen molar-refractivity contribution in [1.82, 2.24) is 4.90 Å². The lowest BCUT2D eigenvalue weighted by atomic mass is 9.95. The summed E-state index contributed by atoms with van der Waals surface area (Å²) in [6, 6.07) is 0. The molecule has 18 heavy (non-hydrogen) atoms. The molecular formula is C15H31NOS. The Morgan fingerprint density at radius 1 is 1.11 bits per heavy atom. The second-order valence-electron chi connectivity index (χ2n) is 5.36. The van der Waals surface area contributed by atoms with Crippen molar-refractivity contribution in [3.05, 3.63) is 0 Å². The molecule has 0 aromatic rings. The fourth-order valence-electron chi connectivity index (χ4n) is 2.61. The van der Waals surface area contributed by atoms with E-state index in [-0.39, 0.29) is 0 Å². The normalized spacial score (nSPS) is 19.0. The molecule has 108 valence electrons. The largest absolute Gasteiger partial charge is 0.385 e. The van der Waals surface area contributed by atoms with Crippen LogP contribution >= 0.6 is 11.8 Å². The maximum Gasteiger partial charge on any atom is 0.0464 e. The van der Waals surface area contributed by atoms with Gasteiger partial charge in [-0.05, 0) is 25.3 Å². The van der Waals surface area contributed by atoms with Gasteiger partial charge >= 0.3 is 0 Å². The van der Waals surface area contributed by atoms with E-state index in [1.165, 1.54) is 69.7 Å². The molecule has 0 radical (unpaired) electrons. The molecule has 0 N–H and O–H groups in total. The van der Waals surface area contributed by atoms with E-state index in [4.69, 9.17) is 4.74 Å². The monoisotopic (exact) mass is 273 g/mol. The van der Waals surface area contributed by atoms with Crippen molar-refractivity contribution < 1.29 is 4.74 Å². The van der Waals surface area contributed by atoms with Crippen LogP contribution in [0.2, 0.25) is 0 Å². The maximum absolute atomic E-state index is 5.17. The molecule has 0 aromatic heterocycles. The average molecular weight is 273 g/mol. The van der Waals surface area contributed by atoms with E-state index in [9.17, 15) is 0 Å². The predicted octanol–water partition coefficient (Wildman–Crippen LogP) is 3.66. The van der Waals surface area contributed by atoms with Gasteiger partial charge in [-0.25, -0.2) is 0 Å². The van der Waals surface area contributed by atoms with Crippen LogP contribution in [0.25, 0.3) is 0 Å². The number of ether oxygens (including phenoxy) is 1. The van der Waals surface area contributed by atoms with Crippen LogP contribution in [0, 0.1) is 5.92 Å². The van der Waals surface area contributed by atoms with Gasteiger partial charge in [0.25, 0.3) is 0 Å². The summed E-state index contributed by atoms with van der Waals surface area (Å²) in [4.78, 5) is 2.64. The van der Waals surface area contributed by atoms with Crippen molar-refractivity contribution in [3.63, 3.8) is 0 Å². The van der Waals surface area contributed by atoms with E-state index in [1.807, 2.05) is 7.11 Å². The zero-order valence-corrected chi connectivity index (χ0v) is 13.1. The highest BCUT2D eigenvalue weighted by Crippen LogP contribution is 2.17. The van der Waals surface area contributed by atoms with E-state index in [0.717, 1.165) is 12.5 Å². The van der Waals surface area contributed by atoms with Crippen LogP contribution in [0.4, 0.5) is 0 Å². The van der Waals surface area contributed by atoms with E-state index in [0.29, 0.717) is 0 Å². The van der Waals surface area contributed by atoms with Gasteiger partial charge in [-0.15, -0.1) is 0 Å². The molecule has 0 amide bonds. The van der Waals surface area contributed by atoms with Crippen LogP contribution in [0.15, 0.2) is 0 Å². The highest BCUT2D eigenvalue weighted by atomic mass is 32.2. The summed E-state index contributed by atoms with van der Waals surface area (Å²) in [6.07, 6.45) is 8.17. The molecule has 3 heteroatoms. The van der Waals surface area contributed by atoms with Crippen molar-refractivity contribution >= 4 is 11.8 Å². The summed E-state index contributed by atoms with van der Waals surface area (Å²) in [5.41, 5.74) is 0. The fourth-order valence-corrected chi connectivity index (χ4v) is 3.59. The number of nitrogens with zero attached hydrogens (tertiary/aromatic N) is 1. The molecule has 0 aromatic carbocycles. The Kier molecular flexibility index (Phi) is 10.1. The zero-order valence-electron chi connectivity index (χ0n) is 12.3. The van der Waals surface area contributed by atoms with Gasteiger partial charge in [0, 0.05) is 38.3 Å². The first-order valence-corrected chi connectivity index (χ1v) is 8.81. The van der Waals surface area contributed by atoms with Crippen LogP contribution in [-0.4, -0.2) is 49.8 Å². The number of rotatable bonds is 10. The molecule has 1 heterocycles. The lowest BCUT2D eigenvalue weighted by Crippen LogP contribution is -2.33. The molecular weight excluding hydrogens is 242 g/mol. The first kappa shape index (κ1) is 16.3. The first-order valence-electron chi connectivity index (χ1n) is 7.65. The number of methoxy groups -OCH3 is 1.